The summed E-state index contributed by atoms with van der Waals surface area (Å²) < 4.78 is 34.2. The molecule has 1 fully saturated rings. The number of amides is 1. The highest BCUT2D eigenvalue weighted by Crippen LogP contribution is 2.28. The first kappa shape index (κ1) is 21.4. The fraction of sp³-hybridized carbons (Fsp3) is 0.174. The number of morpholine rings is 1. The minimum Gasteiger partial charge on any atom is -0.378 e. The van der Waals surface area contributed by atoms with Crippen LogP contribution in [0.4, 0.5) is 31.8 Å². The Balaban J connectivity index is 1.59. The lowest BCUT2D eigenvalue weighted by molar-refractivity contribution is -0.111. The summed E-state index contributed by atoms with van der Waals surface area (Å²) in [6.07, 6.45) is 2.21. The average molecular weight is 437 g/mol. The number of hydrogen-bond donors (Lipinski definition) is 2. The van der Waals surface area contributed by atoms with Crippen LogP contribution in [0.5, 0.6) is 0 Å². The first-order valence-electron chi connectivity index (χ1n) is 9.99. The number of benzene rings is 2. The summed E-state index contributed by atoms with van der Waals surface area (Å²) in [6.45, 7) is 5.67. The molecule has 2 N–H and O–H groups in total. The minimum absolute atomic E-state index is 0.0627. The smallest absolute Gasteiger partial charge is 0.247 e. The second-order valence-corrected chi connectivity index (χ2v) is 7.05. The van der Waals surface area contributed by atoms with Gasteiger partial charge in [-0.05, 0) is 36.4 Å². The maximum absolute atomic E-state index is 14.5. The highest BCUT2D eigenvalue weighted by molar-refractivity contribution is 5.99. The summed E-state index contributed by atoms with van der Waals surface area (Å²) in [5.74, 6) is -1.17. The predicted molar refractivity (Wildman–Crippen MR) is 119 cm³/mol. The molecule has 0 aliphatic carbocycles. The number of nitrogens with one attached hydrogen (secondary N) is 2. The lowest BCUT2D eigenvalue weighted by Crippen LogP contribution is -2.36. The van der Waals surface area contributed by atoms with Crippen molar-refractivity contribution in [1.82, 2.24) is 9.97 Å². The van der Waals surface area contributed by atoms with Crippen LogP contribution in [0.25, 0.3) is 11.3 Å². The van der Waals surface area contributed by atoms with Crippen LogP contribution in [0.1, 0.15) is 0 Å². The van der Waals surface area contributed by atoms with E-state index in [1.54, 1.807) is 36.4 Å². The van der Waals surface area contributed by atoms with Crippen LogP contribution in [0, 0.1) is 11.6 Å². The van der Waals surface area contributed by atoms with Crippen LogP contribution < -0.4 is 15.5 Å². The zero-order valence-corrected chi connectivity index (χ0v) is 17.1. The van der Waals surface area contributed by atoms with Crippen molar-refractivity contribution < 1.29 is 18.3 Å². The van der Waals surface area contributed by atoms with E-state index in [9.17, 15) is 13.6 Å². The third-order valence-corrected chi connectivity index (χ3v) is 4.89. The van der Waals surface area contributed by atoms with Gasteiger partial charge in [-0.15, -0.1) is 0 Å². The van der Waals surface area contributed by atoms with Crippen molar-refractivity contribution in [2.75, 3.05) is 41.8 Å². The molecule has 1 aromatic heterocycles. The molecule has 2 heterocycles. The Morgan fingerprint density at radius 3 is 2.69 bits per heavy atom. The van der Waals surface area contributed by atoms with Crippen molar-refractivity contribution >= 4 is 28.9 Å². The number of aromatic nitrogens is 2. The predicted octanol–water partition coefficient (Wildman–Crippen LogP) is 4.13. The quantitative estimate of drug-likeness (QED) is 0.565. The van der Waals surface area contributed by atoms with Gasteiger partial charge in [-0.1, -0.05) is 18.7 Å². The van der Waals surface area contributed by atoms with Gasteiger partial charge in [-0.2, -0.15) is 0 Å². The Bertz CT molecular complexity index is 1150. The number of hydrogen-bond acceptors (Lipinski definition) is 6. The Kier molecular flexibility index (Phi) is 6.37. The molecule has 0 radical (unpaired) electrons. The van der Waals surface area contributed by atoms with Crippen molar-refractivity contribution in [1.29, 1.82) is 0 Å². The summed E-state index contributed by atoms with van der Waals surface area (Å²) in [5, 5.41) is 5.64. The Morgan fingerprint density at radius 1 is 1.09 bits per heavy atom. The number of anilines is 4. The standard InChI is InChI=1S/C23H21F2N5O2/c1-2-21(31)27-16-5-3-4-15(12-16)22-19(25)14-26-23(29-22)28-17-6-7-18(24)20(13-17)30-8-10-32-11-9-30/h2-7,12-14H,1,8-11H2,(H,27,31)(H,26,28,29). The maximum Gasteiger partial charge on any atom is 0.247 e. The molecule has 3 aromatic rings. The van der Waals surface area contributed by atoms with E-state index in [1.807, 2.05) is 4.90 Å². The summed E-state index contributed by atoms with van der Waals surface area (Å²) in [4.78, 5) is 21.7. The molecular weight excluding hydrogens is 416 g/mol. The molecule has 32 heavy (non-hydrogen) atoms. The normalized spacial score (nSPS) is 13.5. The molecule has 1 aliphatic heterocycles. The molecule has 1 amide bonds. The number of nitrogens with zero attached hydrogens (tertiary/aromatic N) is 3. The van der Waals surface area contributed by atoms with E-state index in [-0.39, 0.29) is 23.4 Å². The average Bonchev–Trinajstić information content (AvgIpc) is 2.82. The molecule has 7 nitrogen and oxygen atoms in total. The maximum atomic E-state index is 14.5. The van der Waals surface area contributed by atoms with E-state index >= 15 is 0 Å². The van der Waals surface area contributed by atoms with Crippen molar-refractivity contribution in [2.45, 2.75) is 0 Å². The molecule has 1 aliphatic rings. The van der Waals surface area contributed by atoms with Gasteiger partial charge in [0.05, 0.1) is 25.1 Å². The topological polar surface area (TPSA) is 79.4 Å². The second kappa shape index (κ2) is 9.52. The SMILES string of the molecule is C=CC(=O)Nc1cccc(-c2nc(Nc3ccc(F)c(N4CCOCC4)c3)ncc2F)c1. The van der Waals surface area contributed by atoms with Gasteiger partial charge in [0.15, 0.2) is 5.82 Å². The van der Waals surface area contributed by atoms with Crippen LogP contribution >= 0.6 is 0 Å². The molecule has 1 saturated heterocycles. The van der Waals surface area contributed by atoms with Crippen molar-refractivity contribution in [3.8, 4) is 11.3 Å². The summed E-state index contributed by atoms with van der Waals surface area (Å²) >= 11 is 0. The molecule has 0 bridgehead atoms. The van der Waals surface area contributed by atoms with Gasteiger partial charge in [0.1, 0.15) is 11.5 Å². The number of halogens is 2. The van der Waals surface area contributed by atoms with E-state index in [1.165, 1.54) is 6.07 Å². The third kappa shape index (κ3) is 4.89. The van der Waals surface area contributed by atoms with Gasteiger partial charge in [0.25, 0.3) is 0 Å². The Labute approximate surface area is 183 Å². The molecule has 0 spiro atoms. The fourth-order valence-corrected chi connectivity index (χ4v) is 3.33. The van der Waals surface area contributed by atoms with Crippen LogP contribution in [-0.4, -0.2) is 42.2 Å². The lowest BCUT2D eigenvalue weighted by atomic mass is 10.1. The number of carbonyl (C=O) groups excluding carboxylic acids is 1. The monoisotopic (exact) mass is 437 g/mol. The lowest BCUT2D eigenvalue weighted by Gasteiger charge is -2.29. The molecule has 4 rings (SSSR count). The van der Waals surface area contributed by atoms with E-state index in [0.29, 0.717) is 48.9 Å². The van der Waals surface area contributed by atoms with Crippen LogP contribution in [0.2, 0.25) is 0 Å². The van der Waals surface area contributed by atoms with Gasteiger partial charge < -0.3 is 20.3 Å². The largest absolute Gasteiger partial charge is 0.378 e. The van der Waals surface area contributed by atoms with Crippen LogP contribution in [-0.2, 0) is 9.53 Å². The third-order valence-electron chi connectivity index (χ3n) is 4.89. The first-order valence-corrected chi connectivity index (χ1v) is 9.99. The first-order chi connectivity index (χ1) is 15.5. The zero-order chi connectivity index (χ0) is 22.5. The van der Waals surface area contributed by atoms with Gasteiger partial charge in [0.2, 0.25) is 11.9 Å². The number of carbonyl (C=O) groups is 1. The molecule has 164 valence electrons. The molecule has 0 atom stereocenters. The Hall–Kier alpha value is -3.85. The van der Waals surface area contributed by atoms with E-state index in [2.05, 4.69) is 27.2 Å². The Morgan fingerprint density at radius 2 is 1.91 bits per heavy atom. The fourth-order valence-electron chi connectivity index (χ4n) is 3.33. The minimum atomic E-state index is -0.615. The summed E-state index contributed by atoms with van der Waals surface area (Å²) in [7, 11) is 0. The van der Waals surface area contributed by atoms with E-state index in [4.69, 9.17) is 4.74 Å². The summed E-state index contributed by atoms with van der Waals surface area (Å²) in [5.41, 5.74) is 2.02. The molecular formula is C23H21F2N5O2. The molecule has 0 saturated carbocycles. The van der Waals surface area contributed by atoms with Crippen LogP contribution in [0.15, 0.2) is 61.3 Å². The zero-order valence-electron chi connectivity index (χ0n) is 17.1. The van der Waals surface area contributed by atoms with Gasteiger partial charge >= 0.3 is 0 Å². The molecule has 0 unspecified atom stereocenters. The molecule has 2 aromatic carbocycles. The highest BCUT2D eigenvalue weighted by atomic mass is 19.1. The van der Waals surface area contributed by atoms with E-state index in [0.717, 1.165) is 12.3 Å². The highest BCUT2D eigenvalue weighted by Gasteiger charge is 2.16. The van der Waals surface area contributed by atoms with Gasteiger partial charge in [0, 0.05) is 30.0 Å². The van der Waals surface area contributed by atoms with Gasteiger partial charge in [-0.3, -0.25) is 4.79 Å². The van der Waals surface area contributed by atoms with Crippen molar-refractivity contribution in [3.05, 3.63) is 73.0 Å². The van der Waals surface area contributed by atoms with Crippen LogP contribution in [0.3, 0.4) is 0 Å². The van der Waals surface area contributed by atoms with Crippen molar-refractivity contribution in [2.24, 2.45) is 0 Å². The second-order valence-electron chi connectivity index (χ2n) is 7.05. The van der Waals surface area contributed by atoms with Gasteiger partial charge in [-0.25, -0.2) is 18.7 Å². The molecule has 9 heteroatoms. The van der Waals surface area contributed by atoms with Crippen molar-refractivity contribution in [3.63, 3.8) is 0 Å². The number of rotatable bonds is 6. The van der Waals surface area contributed by atoms with E-state index < -0.39 is 5.82 Å². The number of ether oxygens (including phenoxy) is 1. The summed E-state index contributed by atoms with van der Waals surface area (Å²) in [6, 6.07) is 11.2.